The van der Waals surface area contributed by atoms with Crippen molar-refractivity contribution in [2.75, 3.05) is 6.54 Å². The highest BCUT2D eigenvalue weighted by Gasteiger charge is 2.42. The van der Waals surface area contributed by atoms with Gasteiger partial charge in [-0.1, -0.05) is 0 Å². The minimum atomic E-state index is -1.18. The molecule has 2 fully saturated rings. The Bertz CT molecular complexity index is 531. The SMILES string of the molecule is CC(=O)N[C@@H]1C[C@H](NC(C)(C)C)CCC1N1CC[C@H](NC(=O)O)C1=O. The first-order valence-electron chi connectivity index (χ1n) is 8.91. The molecule has 0 aromatic heterocycles. The molecule has 1 heterocycles. The first-order valence-corrected chi connectivity index (χ1v) is 8.91. The largest absolute Gasteiger partial charge is 0.465 e. The summed E-state index contributed by atoms with van der Waals surface area (Å²) in [6.45, 7) is 8.33. The van der Waals surface area contributed by atoms with Crippen LogP contribution in [0.4, 0.5) is 4.79 Å². The molecule has 1 unspecified atom stereocenters. The first-order chi connectivity index (χ1) is 11.6. The molecule has 1 saturated carbocycles. The highest BCUT2D eigenvalue weighted by atomic mass is 16.4. The molecule has 8 nitrogen and oxygen atoms in total. The Morgan fingerprint density at radius 1 is 1.16 bits per heavy atom. The summed E-state index contributed by atoms with van der Waals surface area (Å²) in [5, 5.41) is 17.7. The van der Waals surface area contributed by atoms with Crippen molar-refractivity contribution in [3.8, 4) is 0 Å². The Balaban J connectivity index is 2.07. The molecule has 1 aliphatic carbocycles. The molecule has 0 radical (unpaired) electrons. The summed E-state index contributed by atoms with van der Waals surface area (Å²) >= 11 is 0. The van der Waals surface area contributed by atoms with Gasteiger partial charge in [-0.3, -0.25) is 9.59 Å². The summed E-state index contributed by atoms with van der Waals surface area (Å²) < 4.78 is 0. The van der Waals surface area contributed by atoms with Gasteiger partial charge >= 0.3 is 6.09 Å². The van der Waals surface area contributed by atoms with E-state index >= 15 is 0 Å². The van der Waals surface area contributed by atoms with Gasteiger partial charge < -0.3 is 26.0 Å². The van der Waals surface area contributed by atoms with Crippen molar-refractivity contribution in [1.82, 2.24) is 20.9 Å². The Hall–Kier alpha value is -1.83. The van der Waals surface area contributed by atoms with Crippen molar-refractivity contribution in [1.29, 1.82) is 0 Å². The molecule has 3 amide bonds. The van der Waals surface area contributed by atoms with E-state index in [2.05, 4.69) is 36.7 Å². The van der Waals surface area contributed by atoms with Gasteiger partial charge in [0.15, 0.2) is 0 Å². The summed E-state index contributed by atoms with van der Waals surface area (Å²) in [5.41, 5.74) is -0.0156. The predicted octanol–water partition coefficient (Wildman–Crippen LogP) is 0.669. The van der Waals surface area contributed by atoms with Crippen LogP contribution in [0.1, 0.15) is 53.4 Å². The van der Waals surface area contributed by atoms with Gasteiger partial charge in [-0.25, -0.2) is 4.79 Å². The molecule has 8 heteroatoms. The molecule has 142 valence electrons. The van der Waals surface area contributed by atoms with E-state index in [1.807, 2.05) is 0 Å². The summed E-state index contributed by atoms with van der Waals surface area (Å²) in [6, 6.07) is -0.617. The first kappa shape index (κ1) is 19.5. The van der Waals surface area contributed by atoms with E-state index in [1.165, 1.54) is 6.92 Å². The van der Waals surface area contributed by atoms with Crippen molar-refractivity contribution in [3.63, 3.8) is 0 Å². The molecule has 25 heavy (non-hydrogen) atoms. The van der Waals surface area contributed by atoms with Gasteiger partial charge in [0.25, 0.3) is 0 Å². The zero-order valence-corrected chi connectivity index (χ0v) is 15.5. The van der Waals surface area contributed by atoms with E-state index < -0.39 is 12.1 Å². The fourth-order valence-electron chi connectivity index (χ4n) is 4.00. The van der Waals surface area contributed by atoms with Gasteiger partial charge in [0.05, 0.1) is 12.1 Å². The van der Waals surface area contributed by atoms with Crippen molar-refractivity contribution in [2.24, 2.45) is 0 Å². The normalized spacial score (nSPS) is 30.2. The summed E-state index contributed by atoms with van der Waals surface area (Å²) in [6.07, 6.45) is 1.74. The molecule has 1 aliphatic heterocycles. The third-order valence-electron chi connectivity index (χ3n) is 4.78. The number of rotatable bonds is 4. The second kappa shape index (κ2) is 7.59. The maximum atomic E-state index is 12.6. The molecule has 0 aromatic carbocycles. The summed E-state index contributed by atoms with van der Waals surface area (Å²) in [5.74, 6) is -0.303. The van der Waals surface area contributed by atoms with Crippen LogP contribution in [0.15, 0.2) is 0 Å². The lowest BCUT2D eigenvalue weighted by atomic mass is 9.84. The number of carboxylic acid groups (broad SMARTS) is 1. The molecule has 0 bridgehead atoms. The number of hydrogen-bond donors (Lipinski definition) is 4. The number of nitrogens with zero attached hydrogens (tertiary/aromatic N) is 1. The lowest BCUT2D eigenvalue weighted by Gasteiger charge is -2.43. The van der Waals surface area contributed by atoms with Crippen molar-refractivity contribution in [2.45, 2.75) is 83.1 Å². The molecule has 0 aromatic rings. The zero-order chi connectivity index (χ0) is 18.8. The minimum absolute atomic E-state index is 0.0156. The van der Waals surface area contributed by atoms with Crippen LogP contribution in [0.5, 0.6) is 0 Å². The molecule has 1 saturated heterocycles. The van der Waals surface area contributed by atoms with E-state index in [0.717, 1.165) is 19.3 Å². The van der Waals surface area contributed by atoms with E-state index in [0.29, 0.717) is 13.0 Å². The van der Waals surface area contributed by atoms with Gasteiger partial charge in [-0.2, -0.15) is 0 Å². The number of nitrogens with one attached hydrogen (secondary N) is 3. The molecular weight excluding hydrogens is 324 g/mol. The average molecular weight is 354 g/mol. The summed E-state index contributed by atoms with van der Waals surface area (Å²) in [7, 11) is 0. The van der Waals surface area contributed by atoms with E-state index in [9.17, 15) is 14.4 Å². The van der Waals surface area contributed by atoms with Crippen LogP contribution in [-0.2, 0) is 9.59 Å². The lowest BCUT2D eigenvalue weighted by molar-refractivity contribution is -0.133. The van der Waals surface area contributed by atoms with Crippen LogP contribution < -0.4 is 16.0 Å². The van der Waals surface area contributed by atoms with E-state index in [1.54, 1.807) is 4.90 Å². The highest BCUT2D eigenvalue weighted by Crippen LogP contribution is 2.28. The number of carbonyl (C=O) groups excluding carboxylic acids is 2. The van der Waals surface area contributed by atoms with Crippen molar-refractivity contribution < 1.29 is 19.5 Å². The molecule has 0 spiro atoms. The number of likely N-dealkylation sites (tertiary alicyclic amines) is 1. The number of amides is 3. The number of carbonyl (C=O) groups is 3. The fourth-order valence-corrected chi connectivity index (χ4v) is 4.00. The van der Waals surface area contributed by atoms with Gasteiger partial charge in [0.1, 0.15) is 6.04 Å². The second-order valence-electron chi connectivity index (χ2n) is 8.10. The van der Waals surface area contributed by atoms with Gasteiger partial charge in [-0.15, -0.1) is 0 Å². The molecule has 2 rings (SSSR count). The zero-order valence-electron chi connectivity index (χ0n) is 15.5. The Morgan fingerprint density at radius 3 is 2.40 bits per heavy atom. The summed E-state index contributed by atoms with van der Waals surface area (Å²) in [4.78, 5) is 36.8. The maximum Gasteiger partial charge on any atom is 0.405 e. The van der Waals surface area contributed by atoms with Crippen molar-refractivity contribution >= 4 is 17.9 Å². The smallest absolute Gasteiger partial charge is 0.405 e. The maximum absolute atomic E-state index is 12.6. The second-order valence-corrected chi connectivity index (χ2v) is 8.10. The van der Waals surface area contributed by atoms with Gasteiger partial charge in [0.2, 0.25) is 11.8 Å². The quantitative estimate of drug-likeness (QED) is 0.593. The van der Waals surface area contributed by atoms with E-state index in [4.69, 9.17) is 5.11 Å². The average Bonchev–Trinajstić information content (AvgIpc) is 2.77. The van der Waals surface area contributed by atoms with Gasteiger partial charge in [-0.05, 0) is 46.5 Å². The Morgan fingerprint density at radius 2 is 1.84 bits per heavy atom. The van der Waals surface area contributed by atoms with Crippen LogP contribution in [0.2, 0.25) is 0 Å². The van der Waals surface area contributed by atoms with Crippen LogP contribution in [0, 0.1) is 0 Å². The van der Waals surface area contributed by atoms with Crippen molar-refractivity contribution in [3.05, 3.63) is 0 Å². The fraction of sp³-hybridized carbons (Fsp3) is 0.824. The Labute approximate surface area is 148 Å². The predicted molar refractivity (Wildman–Crippen MR) is 93.2 cm³/mol. The molecule has 4 N–H and O–H groups in total. The Kier molecular flexibility index (Phi) is 5.92. The van der Waals surface area contributed by atoms with E-state index in [-0.39, 0.29) is 35.5 Å². The third kappa shape index (κ3) is 5.32. The molecule has 4 atom stereocenters. The van der Waals surface area contributed by atoms with Crippen LogP contribution in [0.3, 0.4) is 0 Å². The lowest BCUT2D eigenvalue weighted by Crippen LogP contribution is -2.59. The van der Waals surface area contributed by atoms with Crippen LogP contribution in [0.25, 0.3) is 0 Å². The number of hydrogen-bond acceptors (Lipinski definition) is 4. The van der Waals surface area contributed by atoms with Crippen LogP contribution >= 0.6 is 0 Å². The third-order valence-corrected chi connectivity index (χ3v) is 4.78. The minimum Gasteiger partial charge on any atom is -0.465 e. The standard InChI is InChI=1S/C17H30N4O4/c1-10(22)18-13-9-11(20-17(2,3)4)5-6-14(13)21-8-7-12(15(21)23)19-16(24)25/h11-14,19-20H,5-9H2,1-4H3,(H,18,22)(H,24,25)/t11-,12+,13-,14?/m1/s1. The van der Waals surface area contributed by atoms with Crippen LogP contribution in [-0.4, -0.2) is 64.2 Å². The van der Waals surface area contributed by atoms with Gasteiger partial charge in [0, 0.05) is 25.0 Å². The topological polar surface area (TPSA) is 111 Å². The monoisotopic (exact) mass is 354 g/mol. The molecule has 2 aliphatic rings. The highest BCUT2D eigenvalue weighted by molar-refractivity contribution is 5.87. The molecular formula is C17H30N4O4.